The summed E-state index contributed by atoms with van der Waals surface area (Å²) in [5, 5.41) is 0. The summed E-state index contributed by atoms with van der Waals surface area (Å²) in [4.78, 5) is 11.4. The van der Waals surface area contributed by atoms with Crippen LogP contribution >= 0.6 is 0 Å². The first kappa shape index (κ1) is 11.5. The molecule has 0 aliphatic rings. The zero-order chi connectivity index (χ0) is 9.56. The van der Waals surface area contributed by atoms with E-state index in [0.29, 0.717) is 12.5 Å². The van der Waals surface area contributed by atoms with Gasteiger partial charge in [0.05, 0.1) is 12.5 Å². The SMILES string of the molecule is CCC[C@@H](C(=O)OCC)C(C)C. The van der Waals surface area contributed by atoms with E-state index in [2.05, 4.69) is 20.8 Å². The van der Waals surface area contributed by atoms with Crippen molar-refractivity contribution in [1.82, 2.24) is 0 Å². The van der Waals surface area contributed by atoms with Gasteiger partial charge in [0.25, 0.3) is 0 Å². The Morgan fingerprint density at radius 3 is 2.25 bits per heavy atom. The van der Waals surface area contributed by atoms with E-state index >= 15 is 0 Å². The minimum absolute atomic E-state index is 0.0330. The molecular weight excluding hydrogens is 152 g/mol. The summed E-state index contributed by atoms with van der Waals surface area (Å²) in [6.45, 7) is 8.57. The van der Waals surface area contributed by atoms with E-state index < -0.39 is 0 Å². The van der Waals surface area contributed by atoms with Crippen molar-refractivity contribution in [3.8, 4) is 0 Å². The van der Waals surface area contributed by atoms with Gasteiger partial charge in [-0.3, -0.25) is 4.79 Å². The molecule has 0 aromatic rings. The second kappa shape index (κ2) is 6.04. The Morgan fingerprint density at radius 1 is 1.33 bits per heavy atom. The number of esters is 1. The average molecular weight is 172 g/mol. The van der Waals surface area contributed by atoms with Crippen LogP contribution in [-0.4, -0.2) is 12.6 Å². The van der Waals surface area contributed by atoms with Crippen LogP contribution in [0.25, 0.3) is 0 Å². The lowest BCUT2D eigenvalue weighted by atomic mass is 9.92. The molecule has 2 nitrogen and oxygen atoms in total. The van der Waals surface area contributed by atoms with Gasteiger partial charge in [-0.15, -0.1) is 0 Å². The van der Waals surface area contributed by atoms with Crippen LogP contribution in [0.15, 0.2) is 0 Å². The molecule has 0 saturated carbocycles. The van der Waals surface area contributed by atoms with Crippen LogP contribution in [0.5, 0.6) is 0 Å². The smallest absolute Gasteiger partial charge is 0.309 e. The van der Waals surface area contributed by atoms with Crippen molar-refractivity contribution >= 4 is 5.97 Å². The van der Waals surface area contributed by atoms with Gasteiger partial charge in [0.2, 0.25) is 0 Å². The number of carbonyl (C=O) groups is 1. The second-order valence-electron chi connectivity index (χ2n) is 3.39. The number of ether oxygens (including phenoxy) is 1. The predicted octanol–water partition coefficient (Wildman–Crippen LogP) is 2.62. The van der Waals surface area contributed by atoms with Crippen LogP contribution in [0.1, 0.15) is 40.5 Å². The van der Waals surface area contributed by atoms with Crippen molar-refractivity contribution in [2.24, 2.45) is 11.8 Å². The summed E-state index contributed by atoms with van der Waals surface area (Å²) < 4.78 is 4.98. The molecule has 1 atom stereocenters. The highest BCUT2D eigenvalue weighted by Crippen LogP contribution is 2.18. The van der Waals surface area contributed by atoms with Gasteiger partial charge in [0, 0.05) is 0 Å². The number of carbonyl (C=O) groups excluding carboxylic acids is 1. The predicted molar refractivity (Wildman–Crippen MR) is 49.9 cm³/mol. The Labute approximate surface area is 75.3 Å². The molecule has 0 aromatic heterocycles. The molecule has 0 amide bonds. The van der Waals surface area contributed by atoms with Crippen LogP contribution in [0, 0.1) is 11.8 Å². The summed E-state index contributed by atoms with van der Waals surface area (Å²) in [7, 11) is 0. The van der Waals surface area contributed by atoms with Crippen LogP contribution in [0.3, 0.4) is 0 Å². The van der Waals surface area contributed by atoms with Crippen LogP contribution in [0.4, 0.5) is 0 Å². The molecule has 0 spiro atoms. The third kappa shape index (κ3) is 3.74. The van der Waals surface area contributed by atoms with Gasteiger partial charge in [-0.1, -0.05) is 27.2 Å². The Hall–Kier alpha value is -0.530. The number of hydrogen-bond donors (Lipinski definition) is 0. The van der Waals surface area contributed by atoms with Gasteiger partial charge in [-0.05, 0) is 19.3 Å². The highest BCUT2D eigenvalue weighted by Gasteiger charge is 2.21. The van der Waals surface area contributed by atoms with E-state index in [1.807, 2.05) is 6.92 Å². The fraction of sp³-hybridized carbons (Fsp3) is 0.900. The normalized spacial score (nSPS) is 13.1. The van der Waals surface area contributed by atoms with Crippen molar-refractivity contribution in [3.05, 3.63) is 0 Å². The third-order valence-corrected chi connectivity index (χ3v) is 1.99. The molecule has 0 aliphatic carbocycles. The minimum atomic E-state index is -0.0330. The Balaban J connectivity index is 4.00. The van der Waals surface area contributed by atoms with Gasteiger partial charge in [-0.2, -0.15) is 0 Å². The molecule has 0 aliphatic heterocycles. The van der Waals surface area contributed by atoms with Crippen LogP contribution < -0.4 is 0 Å². The van der Waals surface area contributed by atoms with Gasteiger partial charge < -0.3 is 4.74 Å². The molecule has 0 rings (SSSR count). The largest absolute Gasteiger partial charge is 0.466 e. The van der Waals surface area contributed by atoms with Crippen molar-refractivity contribution in [2.75, 3.05) is 6.61 Å². The Bertz CT molecular complexity index is 130. The molecule has 0 unspecified atom stereocenters. The molecular formula is C10H20O2. The van der Waals surface area contributed by atoms with Gasteiger partial charge in [0.15, 0.2) is 0 Å². The Morgan fingerprint density at radius 2 is 1.92 bits per heavy atom. The van der Waals surface area contributed by atoms with E-state index in [0.717, 1.165) is 12.8 Å². The second-order valence-corrected chi connectivity index (χ2v) is 3.39. The van der Waals surface area contributed by atoms with Crippen molar-refractivity contribution in [1.29, 1.82) is 0 Å². The van der Waals surface area contributed by atoms with Crippen LogP contribution in [-0.2, 0) is 9.53 Å². The van der Waals surface area contributed by atoms with Gasteiger partial charge >= 0.3 is 5.97 Å². The van der Waals surface area contributed by atoms with Crippen molar-refractivity contribution in [3.63, 3.8) is 0 Å². The molecule has 0 heterocycles. The topological polar surface area (TPSA) is 26.3 Å². The van der Waals surface area contributed by atoms with Crippen molar-refractivity contribution in [2.45, 2.75) is 40.5 Å². The molecule has 2 heteroatoms. The molecule has 0 aromatic carbocycles. The Kier molecular flexibility index (Phi) is 5.77. The zero-order valence-corrected chi connectivity index (χ0v) is 8.59. The quantitative estimate of drug-likeness (QED) is 0.596. The summed E-state index contributed by atoms with van der Waals surface area (Å²) in [6, 6.07) is 0. The van der Waals surface area contributed by atoms with Crippen LogP contribution in [0.2, 0.25) is 0 Å². The first-order valence-electron chi connectivity index (χ1n) is 4.80. The lowest BCUT2D eigenvalue weighted by Crippen LogP contribution is -2.22. The number of rotatable bonds is 5. The van der Waals surface area contributed by atoms with E-state index in [4.69, 9.17) is 4.74 Å². The highest BCUT2D eigenvalue weighted by atomic mass is 16.5. The van der Waals surface area contributed by atoms with E-state index in [-0.39, 0.29) is 11.9 Å². The summed E-state index contributed by atoms with van der Waals surface area (Å²) in [6.07, 6.45) is 1.98. The summed E-state index contributed by atoms with van der Waals surface area (Å²) >= 11 is 0. The number of hydrogen-bond acceptors (Lipinski definition) is 2. The molecule has 72 valence electrons. The molecule has 0 N–H and O–H groups in total. The molecule has 0 fully saturated rings. The monoisotopic (exact) mass is 172 g/mol. The maximum Gasteiger partial charge on any atom is 0.309 e. The summed E-state index contributed by atoms with van der Waals surface area (Å²) in [5.41, 5.74) is 0. The average Bonchev–Trinajstić information content (AvgIpc) is 1.99. The molecule has 0 saturated heterocycles. The molecule has 12 heavy (non-hydrogen) atoms. The maximum absolute atomic E-state index is 11.4. The zero-order valence-electron chi connectivity index (χ0n) is 8.59. The highest BCUT2D eigenvalue weighted by molar-refractivity contribution is 5.72. The van der Waals surface area contributed by atoms with E-state index in [1.54, 1.807) is 0 Å². The van der Waals surface area contributed by atoms with Gasteiger partial charge in [0.1, 0.15) is 0 Å². The first-order valence-corrected chi connectivity index (χ1v) is 4.80. The minimum Gasteiger partial charge on any atom is -0.466 e. The standard InChI is InChI=1S/C10H20O2/c1-5-7-9(8(3)4)10(11)12-6-2/h8-9H,5-7H2,1-4H3/t9-/m1/s1. The van der Waals surface area contributed by atoms with Crippen molar-refractivity contribution < 1.29 is 9.53 Å². The lowest BCUT2D eigenvalue weighted by molar-refractivity contribution is -0.149. The summed E-state index contributed by atoms with van der Waals surface area (Å²) in [5.74, 6) is 0.452. The van der Waals surface area contributed by atoms with E-state index in [9.17, 15) is 4.79 Å². The van der Waals surface area contributed by atoms with E-state index in [1.165, 1.54) is 0 Å². The molecule has 0 bridgehead atoms. The third-order valence-electron chi connectivity index (χ3n) is 1.99. The fourth-order valence-electron chi connectivity index (χ4n) is 1.28. The lowest BCUT2D eigenvalue weighted by Gasteiger charge is -2.17. The molecule has 0 radical (unpaired) electrons. The van der Waals surface area contributed by atoms with Gasteiger partial charge in [-0.25, -0.2) is 0 Å². The maximum atomic E-state index is 11.4. The fourth-order valence-corrected chi connectivity index (χ4v) is 1.28. The first-order chi connectivity index (χ1) is 5.63.